The van der Waals surface area contributed by atoms with Crippen molar-refractivity contribution in [3.05, 3.63) is 64.7 Å². The SMILES string of the molecule is [2H]C([2H])([2H])c1cc(-c2c(C)ccc3c2oc2cc4c(C)nc(C)nc4cc23)[n+](C)cc1C([2H])([2H])[2H]. The summed E-state index contributed by atoms with van der Waals surface area (Å²) in [7, 11) is 1.71. The Morgan fingerprint density at radius 3 is 2.52 bits per heavy atom. The lowest BCUT2D eigenvalue weighted by molar-refractivity contribution is -0.660. The molecule has 0 bridgehead atoms. The molecule has 0 fully saturated rings. The maximum Gasteiger partial charge on any atom is 0.216 e. The molecule has 0 N–H and O–H groups in total. The lowest BCUT2D eigenvalue weighted by atomic mass is 9.98. The molecule has 4 heteroatoms. The highest BCUT2D eigenvalue weighted by molar-refractivity contribution is 6.13. The van der Waals surface area contributed by atoms with Gasteiger partial charge in [0.05, 0.1) is 11.1 Å². The molecule has 4 nitrogen and oxygen atoms in total. The van der Waals surface area contributed by atoms with Crippen molar-refractivity contribution in [1.82, 2.24) is 9.97 Å². The van der Waals surface area contributed by atoms with E-state index in [4.69, 9.17) is 12.6 Å². The van der Waals surface area contributed by atoms with Gasteiger partial charge in [0.1, 0.15) is 24.0 Å². The van der Waals surface area contributed by atoms with Gasteiger partial charge in [-0.25, -0.2) is 14.5 Å². The minimum Gasteiger partial charge on any atom is -0.455 e. The summed E-state index contributed by atoms with van der Waals surface area (Å²) in [6.07, 6.45) is 1.39. The molecular formula is C25H24N3O+. The molecule has 0 radical (unpaired) electrons. The summed E-state index contributed by atoms with van der Waals surface area (Å²) in [6, 6.07) is 9.32. The van der Waals surface area contributed by atoms with Gasteiger partial charge in [0.15, 0.2) is 6.20 Å². The first-order chi connectivity index (χ1) is 16.3. The first-order valence-electron chi connectivity index (χ1n) is 12.4. The summed E-state index contributed by atoms with van der Waals surface area (Å²) in [5, 5.41) is 2.66. The van der Waals surface area contributed by atoms with E-state index < -0.39 is 13.7 Å². The lowest BCUT2D eigenvalue weighted by Gasteiger charge is -2.07. The smallest absolute Gasteiger partial charge is 0.216 e. The standard InChI is InChI=1S/C25H24N3O/c1-13-7-8-18-20-10-21-19(16(4)26-17(5)27-21)11-23(20)29-25(18)24(13)22-9-14(2)15(3)12-28(22)6/h7-12H,1-6H3/q+1/i2D3,3D3. The van der Waals surface area contributed by atoms with Gasteiger partial charge in [-0.2, -0.15) is 0 Å². The average Bonchev–Trinajstić information content (AvgIpc) is 3.08. The van der Waals surface area contributed by atoms with Gasteiger partial charge in [-0.1, -0.05) is 12.1 Å². The van der Waals surface area contributed by atoms with E-state index in [2.05, 4.69) is 9.97 Å². The van der Waals surface area contributed by atoms with Gasteiger partial charge in [-0.15, -0.1) is 0 Å². The molecule has 2 aromatic carbocycles. The van der Waals surface area contributed by atoms with Crippen molar-refractivity contribution in [1.29, 1.82) is 0 Å². The van der Waals surface area contributed by atoms with Crippen LogP contribution in [0.2, 0.25) is 0 Å². The van der Waals surface area contributed by atoms with Crippen molar-refractivity contribution >= 4 is 32.8 Å². The van der Waals surface area contributed by atoms with Crippen LogP contribution in [0.4, 0.5) is 0 Å². The third-order valence-electron chi connectivity index (χ3n) is 5.50. The highest BCUT2D eigenvalue weighted by atomic mass is 16.3. The molecule has 0 saturated carbocycles. The summed E-state index contributed by atoms with van der Waals surface area (Å²) in [5.74, 6) is 0.692. The Balaban J connectivity index is 1.87. The van der Waals surface area contributed by atoms with Gasteiger partial charge in [0, 0.05) is 41.7 Å². The van der Waals surface area contributed by atoms with Crippen LogP contribution < -0.4 is 4.57 Å². The van der Waals surface area contributed by atoms with E-state index in [1.165, 1.54) is 12.3 Å². The molecule has 0 aliphatic rings. The normalized spacial score (nSPS) is 15.7. The van der Waals surface area contributed by atoms with Crippen LogP contribution in [0.5, 0.6) is 0 Å². The van der Waals surface area contributed by atoms with E-state index in [1.807, 2.05) is 45.0 Å². The number of hydrogen-bond donors (Lipinski definition) is 0. The van der Waals surface area contributed by atoms with Crippen molar-refractivity contribution in [3.8, 4) is 11.3 Å². The molecule has 3 aromatic heterocycles. The van der Waals surface area contributed by atoms with Gasteiger partial charge < -0.3 is 4.42 Å². The topological polar surface area (TPSA) is 42.8 Å². The highest BCUT2D eigenvalue weighted by Crippen LogP contribution is 2.38. The average molecular weight is 389 g/mol. The number of pyridine rings is 1. The van der Waals surface area contributed by atoms with E-state index in [-0.39, 0.29) is 11.1 Å². The van der Waals surface area contributed by atoms with Crippen molar-refractivity contribution < 1.29 is 17.2 Å². The molecule has 29 heavy (non-hydrogen) atoms. The molecule has 144 valence electrons. The molecule has 0 unspecified atom stereocenters. The van der Waals surface area contributed by atoms with Gasteiger partial charge >= 0.3 is 0 Å². The van der Waals surface area contributed by atoms with Crippen LogP contribution in [0.15, 0.2) is 40.9 Å². The Morgan fingerprint density at radius 2 is 1.72 bits per heavy atom. The van der Waals surface area contributed by atoms with E-state index >= 15 is 0 Å². The fraction of sp³-hybridized carbons (Fsp3) is 0.240. The zero-order chi connectivity index (χ0) is 25.4. The summed E-state index contributed by atoms with van der Waals surface area (Å²) in [4.78, 5) is 9.04. The van der Waals surface area contributed by atoms with Crippen LogP contribution >= 0.6 is 0 Å². The van der Waals surface area contributed by atoms with Crippen LogP contribution in [-0.4, -0.2) is 9.97 Å². The Hall–Kier alpha value is -3.27. The molecule has 0 aliphatic carbocycles. The molecular weight excluding hydrogens is 358 g/mol. The number of rotatable bonds is 1. The number of fused-ring (bicyclic) bond motifs is 4. The predicted molar refractivity (Wildman–Crippen MR) is 117 cm³/mol. The van der Waals surface area contributed by atoms with Crippen molar-refractivity contribution in [2.45, 2.75) is 34.5 Å². The summed E-state index contributed by atoms with van der Waals surface area (Å²) in [5.41, 5.74) is 4.74. The van der Waals surface area contributed by atoms with Crippen LogP contribution in [0.25, 0.3) is 44.1 Å². The largest absolute Gasteiger partial charge is 0.455 e. The van der Waals surface area contributed by atoms with Crippen LogP contribution in [0.1, 0.15) is 36.4 Å². The van der Waals surface area contributed by atoms with Crippen molar-refractivity contribution in [2.24, 2.45) is 7.05 Å². The van der Waals surface area contributed by atoms with Gasteiger partial charge in [0.25, 0.3) is 0 Å². The Labute approximate surface area is 178 Å². The maximum absolute atomic E-state index is 7.99. The van der Waals surface area contributed by atoms with Crippen LogP contribution in [-0.2, 0) is 7.05 Å². The number of hydrogen-bond acceptors (Lipinski definition) is 3. The monoisotopic (exact) mass is 388 g/mol. The fourth-order valence-corrected chi connectivity index (χ4v) is 4.07. The summed E-state index contributed by atoms with van der Waals surface area (Å²) >= 11 is 0. The molecule has 5 rings (SSSR count). The molecule has 0 saturated heterocycles. The molecule has 3 heterocycles. The molecule has 0 atom stereocenters. The van der Waals surface area contributed by atoms with E-state index in [0.717, 1.165) is 32.9 Å². The quantitative estimate of drug-likeness (QED) is 0.353. The van der Waals surface area contributed by atoms with Crippen LogP contribution in [0.3, 0.4) is 0 Å². The third kappa shape index (κ3) is 2.63. The lowest BCUT2D eigenvalue weighted by Crippen LogP contribution is -2.31. The van der Waals surface area contributed by atoms with Crippen molar-refractivity contribution in [2.75, 3.05) is 0 Å². The minimum atomic E-state index is -2.59. The molecule has 0 spiro atoms. The fourth-order valence-electron chi connectivity index (χ4n) is 4.07. The van der Waals surface area contributed by atoms with Crippen LogP contribution in [0, 0.1) is 34.5 Å². The highest BCUT2D eigenvalue weighted by Gasteiger charge is 2.22. The molecule has 0 amide bonds. The predicted octanol–water partition coefficient (Wildman–Crippen LogP) is 5.56. The minimum absolute atomic E-state index is 0.186. The molecule has 0 aliphatic heterocycles. The van der Waals surface area contributed by atoms with E-state index in [1.54, 1.807) is 11.6 Å². The second kappa shape index (κ2) is 6.11. The Bertz CT molecular complexity index is 1660. The number of benzene rings is 2. The van der Waals surface area contributed by atoms with Gasteiger partial charge in [0.2, 0.25) is 5.69 Å². The molecule has 5 aromatic rings. The summed E-state index contributed by atoms with van der Waals surface area (Å²) in [6.45, 7) is 0.566. The summed E-state index contributed by atoms with van der Waals surface area (Å²) < 4.78 is 55.5. The third-order valence-corrected chi connectivity index (χ3v) is 5.50. The first-order valence-corrected chi connectivity index (χ1v) is 9.41. The zero-order valence-corrected chi connectivity index (χ0v) is 16.7. The van der Waals surface area contributed by atoms with Gasteiger partial charge in [-0.05, 0) is 57.7 Å². The first kappa shape index (κ1) is 12.3. The number of nitrogens with zero attached hydrogens (tertiary/aromatic N) is 3. The second-order valence-electron chi connectivity index (χ2n) is 7.55. The maximum atomic E-state index is 7.99. The van der Waals surface area contributed by atoms with Crippen molar-refractivity contribution in [3.63, 3.8) is 0 Å². The number of furan rings is 1. The van der Waals surface area contributed by atoms with Gasteiger partial charge in [-0.3, -0.25) is 0 Å². The Morgan fingerprint density at radius 1 is 0.897 bits per heavy atom. The zero-order valence-electron chi connectivity index (χ0n) is 22.7. The van der Waals surface area contributed by atoms with E-state index in [9.17, 15) is 0 Å². The Kier molecular flexibility index (Phi) is 2.60. The number of aryl methyl sites for hydroxylation is 6. The second-order valence-corrected chi connectivity index (χ2v) is 7.55. The number of aromatic nitrogens is 3. The van der Waals surface area contributed by atoms with E-state index in [0.29, 0.717) is 28.2 Å².